The van der Waals surface area contributed by atoms with Crippen LogP contribution in [0.1, 0.15) is 16.7 Å². The largest absolute Gasteiger partial charge is 0.497 e. The third kappa shape index (κ3) is 4.24. The van der Waals surface area contributed by atoms with Crippen molar-refractivity contribution in [3.05, 3.63) is 65.2 Å². The highest BCUT2D eigenvalue weighted by molar-refractivity contribution is 5.66. The third-order valence-electron chi connectivity index (χ3n) is 5.67. The predicted octanol–water partition coefficient (Wildman–Crippen LogP) is 4.03. The molecule has 1 N–H and O–H groups in total. The highest BCUT2D eigenvalue weighted by Crippen LogP contribution is 2.52. The Morgan fingerprint density at radius 1 is 0.471 bits per heavy atom. The van der Waals surface area contributed by atoms with Gasteiger partial charge in [0.15, 0.2) is 5.60 Å². The molecule has 0 spiro atoms. The standard InChI is InChI=1S/C26H30O8/c1-28-16-8-10-19(21(12-16)31-4)26(27,20-11-9-17(29-2)13-22(20)32-5)25-23(33-6)14-18(30-3)15-24(25)34-7/h8-15,27H,1-7H3. The van der Waals surface area contributed by atoms with E-state index < -0.39 is 5.60 Å². The van der Waals surface area contributed by atoms with Crippen LogP contribution in [0.15, 0.2) is 48.5 Å². The first kappa shape index (κ1) is 24.9. The predicted molar refractivity (Wildman–Crippen MR) is 127 cm³/mol. The maximum atomic E-state index is 12.7. The maximum Gasteiger partial charge on any atom is 0.154 e. The van der Waals surface area contributed by atoms with Gasteiger partial charge in [0.25, 0.3) is 0 Å². The van der Waals surface area contributed by atoms with Gasteiger partial charge in [-0.25, -0.2) is 0 Å². The smallest absolute Gasteiger partial charge is 0.154 e. The Morgan fingerprint density at radius 2 is 0.824 bits per heavy atom. The first-order valence-electron chi connectivity index (χ1n) is 10.4. The van der Waals surface area contributed by atoms with Crippen molar-refractivity contribution in [2.45, 2.75) is 5.60 Å². The fraction of sp³-hybridized carbons (Fsp3) is 0.308. The Hall–Kier alpha value is -3.78. The summed E-state index contributed by atoms with van der Waals surface area (Å²) in [4.78, 5) is 0. The lowest BCUT2D eigenvalue weighted by Gasteiger charge is -2.34. The Kier molecular flexibility index (Phi) is 7.63. The van der Waals surface area contributed by atoms with Crippen LogP contribution in [-0.4, -0.2) is 54.9 Å². The molecule has 0 atom stereocenters. The summed E-state index contributed by atoms with van der Waals surface area (Å²) >= 11 is 0. The Morgan fingerprint density at radius 3 is 1.15 bits per heavy atom. The van der Waals surface area contributed by atoms with Crippen LogP contribution in [0, 0.1) is 0 Å². The SMILES string of the molecule is COc1ccc(C(O)(c2ccc(OC)cc2OC)c2c(OC)cc(OC)cc2OC)c(OC)c1. The normalized spacial score (nSPS) is 10.9. The molecule has 0 heterocycles. The second-order valence-corrected chi connectivity index (χ2v) is 7.25. The van der Waals surface area contributed by atoms with Gasteiger partial charge >= 0.3 is 0 Å². The van der Waals surface area contributed by atoms with Crippen molar-refractivity contribution < 1.29 is 38.3 Å². The van der Waals surface area contributed by atoms with E-state index in [2.05, 4.69) is 0 Å². The summed E-state index contributed by atoms with van der Waals surface area (Å²) in [5, 5.41) is 12.7. The van der Waals surface area contributed by atoms with Gasteiger partial charge in [-0.2, -0.15) is 0 Å². The van der Waals surface area contributed by atoms with Gasteiger partial charge < -0.3 is 38.3 Å². The molecule has 0 saturated heterocycles. The van der Waals surface area contributed by atoms with E-state index in [1.807, 2.05) is 0 Å². The van der Waals surface area contributed by atoms with Crippen molar-refractivity contribution in [1.29, 1.82) is 0 Å². The molecule has 0 amide bonds. The summed E-state index contributed by atoms with van der Waals surface area (Å²) in [6.45, 7) is 0. The van der Waals surface area contributed by atoms with E-state index >= 15 is 0 Å². The molecule has 182 valence electrons. The van der Waals surface area contributed by atoms with Gasteiger partial charge in [-0.05, 0) is 24.3 Å². The molecule has 0 fully saturated rings. The summed E-state index contributed by atoms with van der Waals surface area (Å²) in [7, 11) is 10.7. The molecule has 0 bridgehead atoms. The number of methoxy groups -OCH3 is 7. The van der Waals surface area contributed by atoms with Crippen LogP contribution in [0.5, 0.6) is 40.2 Å². The first-order valence-corrected chi connectivity index (χ1v) is 10.4. The molecule has 0 aliphatic rings. The summed E-state index contributed by atoms with van der Waals surface area (Å²) in [6.07, 6.45) is 0. The van der Waals surface area contributed by atoms with Crippen molar-refractivity contribution in [2.24, 2.45) is 0 Å². The van der Waals surface area contributed by atoms with E-state index in [9.17, 15) is 5.11 Å². The van der Waals surface area contributed by atoms with Crippen LogP contribution < -0.4 is 33.2 Å². The van der Waals surface area contributed by atoms with Crippen LogP contribution in [0.25, 0.3) is 0 Å². The Balaban J connectivity index is 2.50. The zero-order valence-corrected chi connectivity index (χ0v) is 20.4. The summed E-state index contributed by atoms with van der Waals surface area (Å²) in [5.74, 6) is 3.10. The number of ether oxygens (including phenoxy) is 7. The zero-order valence-electron chi connectivity index (χ0n) is 20.4. The number of benzene rings is 3. The first-order chi connectivity index (χ1) is 16.4. The van der Waals surface area contributed by atoms with Gasteiger partial charge in [-0.15, -0.1) is 0 Å². The Bertz CT molecular complexity index is 1060. The lowest BCUT2D eigenvalue weighted by molar-refractivity contribution is 0.111. The molecule has 0 radical (unpaired) electrons. The van der Waals surface area contributed by atoms with Crippen molar-refractivity contribution in [3.8, 4) is 40.2 Å². The van der Waals surface area contributed by atoms with Gasteiger partial charge in [0, 0.05) is 35.4 Å². The van der Waals surface area contributed by atoms with Crippen LogP contribution in [-0.2, 0) is 5.60 Å². The van der Waals surface area contributed by atoms with Crippen LogP contribution in [0.4, 0.5) is 0 Å². The minimum Gasteiger partial charge on any atom is -0.497 e. The van der Waals surface area contributed by atoms with Crippen molar-refractivity contribution in [1.82, 2.24) is 0 Å². The maximum absolute atomic E-state index is 12.7. The van der Waals surface area contributed by atoms with Gasteiger partial charge in [-0.1, -0.05) is 0 Å². The number of aliphatic hydroxyl groups is 1. The van der Waals surface area contributed by atoms with Crippen molar-refractivity contribution in [2.75, 3.05) is 49.8 Å². The second kappa shape index (κ2) is 10.4. The molecule has 3 rings (SSSR count). The van der Waals surface area contributed by atoms with E-state index in [0.717, 1.165) is 0 Å². The average Bonchev–Trinajstić information content (AvgIpc) is 2.90. The topological polar surface area (TPSA) is 84.8 Å². The molecule has 0 aliphatic heterocycles. The molecule has 0 aromatic heterocycles. The third-order valence-corrected chi connectivity index (χ3v) is 5.67. The molecule has 0 saturated carbocycles. The minimum atomic E-state index is -1.85. The lowest BCUT2D eigenvalue weighted by Crippen LogP contribution is -2.31. The van der Waals surface area contributed by atoms with Crippen LogP contribution in [0.2, 0.25) is 0 Å². The van der Waals surface area contributed by atoms with E-state index in [4.69, 9.17) is 33.2 Å². The van der Waals surface area contributed by atoms with Gasteiger partial charge in [0.05, 0.1) is 55.3 Å². The molecule has 3 aromatic carbocycles. The molecule has 3 aromatic rings. The fourth-order valence-electron chi connectivity index (χ4n) is 3.97. The number of rotatable bonds is 10. The monoisotopic (exact) mass is 470 g/mol. The number of hydrogen-bond donors (Lipinski definition) is 1. The van der Waals surface area contributed by atoms with E-state index in [1.54, 1.807) is 69.9 Å². The minimum absolute atomic E-state index is 0.338. The van der Waals surface area contributed by atoms with Gasteiger partial charge in [0.1, 0.15) is 40.2 Å². The van der Waals surface area contributed by atoms with Gasteiger partial charge in [0.2, 0.25) is 0 Å². The number of hydrogen-bond acceptors (Lipinski definition) is 8. The summed E-state index contributed by atoms with van der Waals surface area (Å²) in [6, 6.07) is 13.7. The molecule has 34 heavy (non-hydrogen) atoms. The van der Waals surface area contributed by atoms with Crippen LogP contribution >= 0.6 is 0 Å². The second-order valence-electron chi connectivity index (χ2n) is 7.25. The summed E-state index contributed by atoms with van der Waals surface area (Å²) in [5.41, 5.74) is -0.676. The van der Waals surface area contributed by atoms with Crippen molar-refractivity contribution >= 4 is 0 Å². The zero-order chi connectivity index (χ0) is 24.9. The fourth-order valence-corrected chi connectivity index (χ4v) is 3.97. The average molecular weight is 471 g/mol. The highest BCUT2D eigenvalue weighted by atomic mass is 16.5. The van der Waals surface area contributed by atoms with Crippen LogP contribution in [0.3, 0.4) is 0 Å². The summed E-state index contributed by atoms with van der Waals surface area (Å²) < 4.78 is 38.9. The molecular weight excluding hydrogens is 440 g/mol. The van der Waals surface area contributed by atoms with E-state index in [-0.39, 0.29) is 0 Å². The van der Waals surface area contributed by atoms with E-state index in [0.29, 0.717) is 56.9 Å². The Labute approximate surface area is 199 Å². The molecule has 0 unspecified atom stereocenters. The molecular formula is C26H30O8. The quantitative estimate of drug-likeness (QED) is 0.445. The molecule has 8 heteroatoms. The van der Waals surface area contributed by atoms with Crippen molar-refractivity contribution in [3.63, 3.8) is 0 Å². The van der Waals surface area contributed by atoms with E-state index in [1.165, 1.54) is 28.4 Å². The molecule has 0 aliphatic carbocycles. The molecule has 8 nitrogen and oxygen atoms in total. The van der Waals surface area contributed by atoms with Gasteiger partial charge in [-0.3, -0.25) is 0 Å². The highest BCUT2D eigenvalue weighted by Gasteiger charge is 2.44. The lowest BCUT2D eigenvalue weighted by atomic mass is 9.78.